The largest absolute Gasteiger partial charge is 0.472 e. The molecule has 134 valence electrons. The van der Waals surface area contributed by atoms with Crippen LogP contribution in [-0.2, 0) is 19.1 Å². The Hall–Kier alpha value is -2.11. The molecule has 1 aliphatic heterocycles. The van der Waals surface area contributed by atoms with Crippen LogP contribution in [0.15, 0.2) is 23.0 Å². The van der Waals surface area contributed by atoms with Crippen LogP contribution in [0, 0.1) is 29.1 Å². The lowest BCUT2D eigenvalue weighted by Crippen LogP contribution is -2.56. The van der Waals surface area contributed by atoms with E-state index < -0.39 is 23.2 Å². The molecule has 1 spiro atoms. The number of cyclic esters (lactones) is 1. The van der Waals surface area contributed by atoms with E-state index in [1.165, 1.54) is 0 Å². The van der Waals surface area contributed by atoms with Gasteiger partial charge in [-0.2, -0.15) is 0 Å². The number of esters is 1. The van der Waals surface area contributed by atoms with E-state index >= 15 is 0 Å². The van der Waals surface area contributed by atoms with Gasteiger partial charge in [-0.1, -0.05) is 13.3 Å². The van der Waals surface area contributed by atoms with Crippen LogP contribution in [0.5, 0.6) is 0 Å². The Labute approximate surface area is 146 Å². The third-order valence-corrected chi connectivity index (χ3v) is 6.75. The Balaban J connectivity index is 1.73. The summed E-state index contributed by atoms with van der Waals surface area (Å²) in [5.41, 5.74) is 5.70. The molecule has 6 nitrogen and oxygen atoms in total. The average Bonchev–Trinajstić information content (AvgIpc) is 3.21. The molecule has 2 N–H and O–H groups in total. The van der Waals surface area contributed by atoms with E-state index in [2.05, 4.69) is 0 Å². The van der Waals surface area contributed by atoms with Crippen LogP contribution in [0.4, 0.5) is 0 Å². The summed E-state index contributed by atoms with van der Waals surface area (Å²) in [7, 11) is 0. The molecule has 25 heavy (non-hydrogen) atoms. The van der Waals surface area contributed by atoms with Gasteiger partial charge in [0.25, 0.3) is 0 Å². The van der Waals surface area contributed by atoms with E-state index in [-0.39, 0.29) is 29.7 Å². The van der Waals surface area contributed by atoms with Gasteiger partial charge in [0.2, 0.25) is 5.91 Å². The molecule has 0 aromatic carbocycles. The first-order chi connectivity index (χ1) is 11.9. The number of rotatable bonds is 2. The summed E-state index contributed by atoms with van der Waals surface area (Å²) >= 11 is 0. The van der Waals surface area contributed by atoms with Gasteiger partial charge in [0.05, 0.1) is 17.9 Å². The van der Waals surface area contributed by atoms with E-state index in [9.17, 15) is 14.4 Å². The SMILES string of the molecule is C[C@@H]1CC(=O)[C@@H]2[C@@H](C(N)=O)CCC[C@H]2[C@@]12C[C@@H](c1ccoc1)OC2=O. The number of carbonyl (C=O) groups excluding carboxylic acids is 3. The van der Waals surface area contributed by atoms with Crippen LogP contribution in [0.25, 0.3) is 0 Å². The fraction of sp³-hybridized carbons (Fsp3) is 0.632. The fourth-order valence-electron chi connectivity index (χ4n) is 5.55. The van der Waals surface area contributed by atoms with Gasteiger partial charge in [0.15, 0.2) is 0 Å². The predicted molar refractivity (Wildman–Crippen MR) is 86.9 cm³/mol. The summed E-state index contributed by atoms with van der Waals surface area (Å²) in [5, 5.41) is 0. The van der Waals surface area contributed by atoms with Gasteiger partial charge >= 0.3 is 5.97 Å². The van der Waals surface area contributed by atoms with Crippen molar-refractivity contribution in [2.75, 3.05) is 0 Å². The number of ketones is 1. The van der Waals surface area contributed by atoms with Crippen molar-refractivity contribution in [2.45, 2.75) is 45.1 Å². The van der Waals surface area contributed by atoms with Crippen LogP contribution in [0.1, 0.15) is 50.7 Å². The topological polar surface area (TPSA) is 99.6 Å². The molecule has 1 aromatic heterocycles. The highest BCUT2D eigenvalue weighted by Gasteiger charge is 2.64. The Morgan fingerprint density at radius 1 is 1.32 bits per heavy atom. The number of hydrogen-bond acceptors (Lipinski definition) is 5. The van der Waals surface area contributed by atoms with Crippen molar-refractivity contribution in [3.05, 3.63) is 24.2 Å². The van der Waals surface area contributed by atoms with Crippen molar-refractivity contribution in [2.24, 2.45) is 34.8 Å². The molecular formula is C19H23NO5. The monoisotopic (exact) mass is 345 g/mol. The van der Waals surface area contributed by atoms with E-state index in [1.807, 2.05) is 6.92 Å². The lowest BCUT2D eigenvalue weighted by atomic mass is 9.50. The zero-order valence-corrected chi connectivity index (χ0v) is 14.3. The maximum absolute atomic E-state index is 13.0. The van der Waals surface area contributed by atoms with Crippen molar-refractivity contribution >= 4 is 17.7 Å². The first kappa shape index (κ1) is 16.4. The summed E-state index contributed by atoms with van der Waals surface area (Å²) in [4.78, 5) is 37.7. The molecule has 6 atom stereocenters. The number of nitrogens with two attached hydrogens (primary N) is 1. The summed E-state index contributed by atoms with van der Waals surface area (Å²) < 4.78 is 10.9. The third kappa shape index (κ3) is 2.26. The molecule has 3 aliphatic rings. The number of primary amides is 1. The zero-order chi connectivity index (χ0) is 17.8. The second kappa shape index (κ2) is 5.71. The molecule has 1 amide bonds. The number of hydrogen-bond donors (Lipinski definition) is 1. The van der Waals surface area contributed by atoms with Gasteiger partial charge in [-0.3, -0.25) is 14.4 Å². The zero-order valence-electron chi connectivity index (χ0n) is 14.3. The van der Waals surface area contributed by atoms with E-state index in [0.717, 1.165) is 18.4 Å². The van der Waals surface area contributed by atoms with Crippen LogP contribution in [-0.4, -0.2) is 17.7 Å². The fourth-order valence-corrected chi connectivity index (χ4v) is 5.55. The minimum Gasteiger partial charge on any atom is -0.472 e. The highest BCUT2D eigenvalue weighted by atomic mass is 16.6. The second-order valence-electron chi connectivity index (χ2n) is 7.84. The molecular weight excluding hydrogens is 322 g/mol. The number of amides is 1. The molecule has 0 bridgehead atoms. The smallest absolute Gasteiger partial charge is 0.313 e. The number of carbonyl (C=O) groups is 3. The van der Waals surface area contributed by atoms with Gasteiger partial charge in [-0.05, 0) is 30.7 Å². The van der Waals surface area contributed by atoms with Gasteiger partial charge < -0.3 is 14.9 Å². The van der Waals surface area contributed by atoms with Crippen molar-refractivity contribution in [1.82, 2.24) is 0 Å². The highest BCUT2D eigenvalue weighted by Crippen LogP contribution is 2.61. The van der Waals surface area contributed by atoms with Gasteiger partial charge in [0.1, 0.15) is 11.9 Å². The standard InChI is InChI=1S/C19H23NO5/c1-10-7-14(21)16-12(17(20)22)3-2-4-13(16)19(10)8-15(25-18(19)23)11-5-6-24-9-11/h5-6,9-10,12-13,15-16H,2-4,7-8H2,1H3,(H2,20,22)/t10-,12+,13-,15+,16-,19-/m1/s1. The normalized spacial score (nSPS) is 40.8. The molecule has 0 unspecified atom stereocenters. The molecule has 2 saturated carbocycles. The minimum absolute atomic E-state index is 0.0752. The number of fused-ring (bicyclic) bond motifs is 2. The van der Waals surface area contributed by atoms with Gasteiger partial charge in [-0.25, -0.2) is 0 Å². The van der Waals surface area contributed by atoms with Crippen molar-refractivity contribution in [1.29, 1.82) is 0 Å². The lowest BCUT2D eigenvalue weighted by Gasteiger charge is -2.50. The van der Waals surface area contributed by atoms with Crippen molar-refractivity contribution < 1.29 is 23.5 Å². The number of furan rings is 1. The molecule has 6 heteroatoms. The van der Waals surface area contributed by atoms with E-state index in [4.69, 9.17) is 14.9 Å². The van der Waals surface area contributed by atoms with Crippen LogP contribution < -0.4 is 5.73 Å². The Morgan fingerprint density at radius 2 is 2.12 bits per heavy atom. The Bertz CT molecular complexity index is 711. The van der Waals surface area contributed by atoms with E-state index in [1.54, 1.807) is 18.6 Å². The molecule has 1 saturated heterocycles. The van der Waals surface area contributed by atoms with E-state index in [0.29, 0.717) is 19.3 Å². The summed E-state index contributed by atoms with van der Waals surface area (Å²) in [6, 6.07) is 1.81. The molecule has 2 aliphatic carbocycles. The molecule has 4 rings (SSSR count). The highest BCUT2D eigenvalue weighted by molar-refractivity contribution is 5.92. The Morgan fingerprint density at radius 3 is 2.80 bits per heavy atom. The third-order valence-electron chi connectivity index (χ3n) is 6.75. The molecule has 2 heterocycles. The van der Waals surface area contributed by atoms with Crippen LogP contribution >= 0.6 is 0 Å². The first-order valence-electron chi connectivity index (χ1n) is 9.00. The maximum atomic E-state index is 13.0. The molecule has 0 radical (unpaired) electrons. The second-order valence-corrected chi connectivity index (χ2v) is 7.84. The summed E-state index contributed by atoms with van der Waals surface area (Å²) in [6.45, 7) is 1.96. The van der Waals surface area contributed by atoms with Crippen molar-refractivity contribution in [3.8, 4) is 0 Å². The van der Waals surface area contributed by atoms with Gasteiger partial charge in [-0.15, -0.1) is 0 Å². The predicted octanol–water partition coefficient (Wildman–Crippen LogP) is 2.38. The Kier molecular flexibility index (Phi) is 3.74. The van der Waals surface area contributed by atoms with Gasteiger partial charge in [0, 0.05) is 30.2 Å². The number of Topliss-reactive ketones (excluding diaryl/α,β-unsaturated/α-hetero) is 1. The average molecular weight is 345 g/mol. The lowest BCUT2D eigenvalue weighted by molar-refractivity contribution is -0.166. The minimum atomic E-state index is -0.714. The molecule has 1 aromatic rings. The quantitative estimate of drug-likeness (QED) is 0.830. The maximum Gasteiger partial charge on any atom is 0.313 e. The van der Waals surface area contributed by atoms with Crippen molar-refractivity contribution in [3.63, 3.8) is 0 Å². The molecule has 3 fully saturated rings. The first-order valence-corrected chi connectivity index (χ1v) is 9.00. The van der Waals surface area contributed by atoms with Crippen LogP contribution in [0.3, 0.4) is 0 Å². The number of ether oxygens (including phenoxy) is 1. The summed E-state index contributed by atoms with van der Waals surface area (Å²) in [6.07, 6.45) is 5.85. The van der Waals surface area contributed by atoms with Crippen LogP contribution in [0.2, 0.25) is 0 Å². The summed E-state index contributed by atoms with van der Waals surface area (Å²) in [5.74, 6) is -1.76.